The number of benzene rings is 2. The normalized spacial score (nSPS) is 13.1. The predicted molar refractivity (Wildman–Crippen MR) is 116 cm³/mol. The maximum absolute atomic E-state index is 13.0. The third-order valence-corrected chi connectivity index (χ3v) is 6.71. The van der Waals surface area contributed by atoms with Crippen LogP contribution in [-0.4, -0.2) is 30.7 Å². The van der Waals surface area contributed by atoms with E-state index in [1.807, 2.05) is 30.3 Å². The first-order valence-electron chi connectivity index (χ1n) is 9.56. The summed E-state index contributed by atoms with van der Waals surface area (Å²) in [5.41, 5.74) is 2.72. The second-order valence-corrected chi connectivity index (χ2v) is 9.40. The first-order valence-corrected chi connectivity index (χ1v) is 11.8. The highest BCUT2D eigenvalue weighted by Gasteiger charge is 2.30. The molecule has 1 aliphatic carbocycles. The average Bonchev–Trinajstić information content (AvgIpc) is 3.32. The van der Waals surface area contributed by atoms with Crippen LogP contribution in [0.5, 0.6) is 5.75 Å². The van der Waals surface area contributed by atoms with Crippen LogP contribution >= 0.6 is 15.9 Å². The van der Waals surface area contributed by atoms with Crippen molar-refractivity contribution >= 4 is 31.9 Å². The summed E-state index contributed by atoms with van der Waals surface area (Å²) in [6, 6.07) is 14.1. The summed E-state index contributed by atoms with van der Waals surface area (Å²) in [4.78, 5) is 12.9. The summed E-state index contributed by atoms with van der Waals surface area (Å²) in [5.74, 6) is -0.564. The van der Waals surface area contributed by atoms with Gasteiger partial charge in [0, 0.05) is 15.7 Å². The highest BCUT2D eigenvalue weighted by Crippen LogP contribution is 2.30. The summed E-state index contributed by atoms with van der Waals surface area (Å²) >= 11 is 3.27. The molecule has 1 N–H and O–H groups in total. The Kier molecular flexibility index (Phi) is 5.66. The Morgan fingerprint density at radius 1 is 1.20 bits per heavy atom. The maximum atomic E-state index is 13.0. The zero-order chi connectivity index (χ0) is 21.3. The second-order valence-electron chi connectivity index (χ2n) is 6.83. The third kappa shape index (κ3) is 3.87. The van der Waals surface area contributed by atoms with Crippen LogP contribution in [-0.2, 0) is 22.9 Å². The molecular formula is C21H20BrN3O4S. The first-order chi connectivity index (χ1) is 14.4. The Labute approximate surface area is 183 Å². The van der Waals surface area contributed by atoms with Crippen LogP contribution in [0.1, 0.15) is 35.1 Å². The highest BCUT2D eigenvalue weighted by atomic mass is 79.9. The van der Waals surface area contributed by atoms with E-state index in [9.17, 15) is 13.2 Å². The Balaban J connectivity index is 1.69. The van der Waals surface area contributed by atoms with Gasteiger partial charge in [-0.3, -0.25) is 4.79 Å². The van der Waals surface area contributed by atoms with E-state index in [1.54, 1.807) is 23.7 Å². The summed E-state index contributed by atoms with van der Waals surface area (Å²) < 4.78 is 35.8. The minimum atomic E-state index is -4.16. The molecule has 0 unspecified atom stereocenters. The Bertz CT molecular complexity index is 1210. The number of nitrogens with one attached hydrogen (secondary N) is 1. The number of aromatic nitrogens is 2. The largest absolute Gasteiger partial charge is 0.492 e. The summed E-state index contributed by atoms with van der Waals surface area (Å²) in [6.45, 7) is 2.06. The van der Waals surface area contributed by atoms with E-state index < -0.39 is 15.9 Å². The van der Waals surface area contributed by atoms with Gasteiger partial charge in [-0.2, -0.15) is 5.10 Å². The lowest BCUT2D eigenvalue weighted by molar-refractivity contribution is 0.0975. The van der Waals surface area contributed by atoms with Gasteiger partial charge in [-0.05, 0) is 56.5 Å². The molecule has 30 heavy (non-hydrogen) atoms. The maximum Gasteiger partial charge on any atom is 0.285 e. The van der Waals surface area contributed by atoms with E-state index >= 15 is 0 Å². The molecule has 1 amide bonds. The number of nitrogens with zero attached hydrogens (tertiary/aromatic N) is 2. The van der Waals surface area contributed by atoms with Crippen LogP contribution in [0.15, 0.2) is 57.9 Å². The van der Waals surface area contributed by atoms with Gasteiger partial charge in [-0.1, -0.05) is 34.1 Å². The number of carbonyl (C=O) groups excluding carboxylic acids is 1. The number of ether oxygens (including phenoxy) is 1. The topological polar surface area (TPSA) is 90.3 Å². The van der Waals surface area contributed by atoms with E-state index in [-0.39, 0.29) is 16.3 Å². The standard InChI is InChI=1S/C21H20BrN3O4S/c1-2-29-18-12-11-14(22)13-19(18)30(27,28)24-21(26)20-16-9-6-10-17(16)25(23-20)15-7-4-3-5-8-15/h3-5,7-8,11-13H,2,6,9-10H2,1H3,(H,24,26). The fourth-order valence-corrected chi connectivity index (χ4v) is 5.23. The zero-order valence-corrected chi connectivity index (χ0v) is 18.7. The predicted octanol–water partition coefficient (Wildman–Crippen LogP) is 3.64. The Morgan fingerprint density at radius 3 is 2.70 bits per heavy atom. The molecule has 3 aromatic rings. The van der Waals surface area contributed by atoms with Crippen LogP contribution in [0, 0.1) is 0 Å². The van der Waals surface area contributed by atoms with Crippen LogP contribution in [0.4, 0.5) is 0 Å². The smallest absolute Gasteiger partial charge is 0.285 e. The molecule has 2 aromatic carbocycles. The molecule has 0 atom stereocenters. The molecule has 156 valence electrons. The van der Waals surface area contributed by atoms with Crippen molar-refractivity contribution < 1.29 is 17.9 Å². The minimum absolute atomic E-state index is 0.105. The summed E-state index contributed by atoms with van der Waals surface area (Å²) in [5, 5.41) is 4.46. The fraction of sp³-hybridized carbons (Fsp3) is 0.238. The highest BCUT2D eigenvalue weighted by molar-refractivity contribution is 9.10. The molecule has 7 nitrogen and oxygen atoms in total. The number of para-hydroxylation sites is 1. The molecule has 0 bridgehead atoms. The van der Waals surface area contributed by atoms with Gasteiger partial charge < -0.3 is 4.74 Å². The van der Waals surface area contributed by atoms with Gasteiger partial charge in [0.1, 0.15) is 10.6 Å². The van der Waals surface area contributed by atoms with Crippen LogP contribution in [0.3, 0.4) is 0 Å². The molecule has 0 saturated heterocycles. The fourth-order valence-electron chi connectivity index (χ4n) is 3.59. The molecule has 0 radical (unpaired) electrons. The lowest BCUT2D eigenvalue weighted by atomic mass is 10.2. The number of halogens is 1. The number of amides is 1. The van der Waals surface area contributed by atoms with Crippen molar-refractivity contribution in [3.63, 3.8) is 0 Å². The van der Waals surface area contributed by atoms with Crippen LogP contribution in [0.25, 0.3) is 5.69 Å². The monoisotopic (exact) mass is 489 g/mol. The van der Waals surface area contributed by atoms with Crippen molar-refractivity contribution in [2.45, 2.75) is 31.1 Å². The number of hydrogen-bond acceptors (Lipinski definition) is 5. The molecular weight excluding hydrogens is 470 g/mol. The number of rotatable bonds is 6. The number of fused-ring (bicyclic) bond motifs is 1. The van der Waals surface area contributed by atoms with Crippen molar-refractivity contribution in [2.75, 3.05) is 6.61 Å². The molecule has 9 heteroatoms. The first kappa shape index (κ1) is 20.6. The van der Waals surface area contributed by atoms with E-state index in [0.717, 1.165) is 29.8 Å². The zero-order valence-electron chi connectivity index (χ0n) is 16.3. The average molecular weight is 490 g/mol. The lowest BCUT2D eigenvalue weighted by Crippen LogP contribution is -2.32. The molecule has 4 rings (SSSR count). The van der Waals surface area contributed by atoms with E-state index in [0.29, 0.717) is 17.5 Å². The molecule has 1 heterocycles. The summed E-state index contributed by atoms with van der Waals surface area (Å²) in [6.07, 6.45) is 2.37. The summed E-state index contributed by atoms with van der Waals surface area (Å²) in [7, 11) is -4.16. The van der Waals surface area contributed by atoms with Gasteiger partial charge >= 0.3 is 0 Å². The number of carbonyl (C=O) groups is 1. The van der Waals surface area contributed by atoms with Gasteiger partial charge in [0.15, 0.2) is 5.69 Å². The SMILES string of the molecule is CCOc1ccc(Br)cc1S(=O)(=O)NC(=O)c1nn(-c2ccccc2)c2c1CCC2. The molecule has 1 aromatic heterocycles. The second kappa shape index (κ2) is 8.23. The van der Waals surface area contributed by atoms with Crippen molar-refractivity contribution in [2.24, 2.45) is 0 Å². The molecule has 1 aliphatic rings. The Hall–Kier alpha value is -2.65. The van der Waals surface area contributed by atoms with Crippen molar-refractivity contribution in [3.05, 3.63) is 70.0 Å². The van der Waals surface area contributed by atoms with Gasteiger partial charge in [0.25, 0.3) is 15.9 Å². The molecule has 0 fully saturated rings. The van der Waals surface area contributed by atoms with Crippen molar-refractivity contribution in [3.8, 4) is 11.4 Å². The lowest BCUT2D eigenvalue weighted by Gasteiger charge is -2.12. The number of sulfonamides is 1. The van der Waals surface area contributed by atoms with Crippen LogP contribution < -0.4 is 9.46 Å². The van der Waals surface area contributed by atoms with Gasteiger partial charge in [-0.25, -0.2) is 17.8 Å². The van der Waals surface area contributed by atoms with Gasteiger partial charge in [0.05, 0.1) is 12.3 Å². The van der Waals surface area contributed by atoms with Gasteiger partial charge in [-0.15, -0.1) is 0 Å². The van der Waals surface area contributed by atoms with E-state index in [4.69, 9.17) is 4.74 Å². The molecule has 0 spiro atoms. The van der Waals surface area contributed by atoms with Crippen molar-refractivity contribution in [1.29, 1.82) is 0 Å². The molecule has 0 saturated carbocycles. The van der Waals surface area contributed by atoms with E-state index in [2.05, 4.69) is 25.8 Å². The van der Waals surface area contributed by atoms with E-state index in [1.165, 1.54) is 6.07 Å². The minimum Gasteiger partial charge on any atom is -0.492 e. The molecule has 0 aliphatic heterocycles. The van der Waals surface area contributed by atoms with Crippen molar-refractivity contribution in [1.82, 2.24) is 14.5 Å². The Morgan fingerprint density at radius 2 is 1.97 bits per heavy atom. The number of hydrogen-bond donors (Lipinski definition) is 1. The quantitative estimate of drug-likeness (QED) is 0.570. The third-order valence-electron chi connectivity index (χ3n) is 4.87. The van der Waals surface area contributed by atoms with Crippen LogP contribution in [0.2, 0.25) is 0 Å². The van der Waals surface area contributed by atoms with Gasteiger partial charge in [0.2, 0.25) is 0 Å².